The minimum Gasteiger partial charge on any atom is -0.459 e. The van der Waals surface area contributed by atoms with Crippen LogP contribution in [-0.4, -0.2) is 19.3 Å². The van der Waals surface area contributed by atoms with Crippen LogP contribution in [-0.2, 0) is 10.0 Å². The fourth-order valence-electron chi connectivity index (χ4n) is 1.96. The summed E-state index contributed by atoms with van der Waals surface area (Å²) in [7, 11) is -3.72. The minimum absolute atomic E-state index is 0.0716. The summed E-state index contributed by atoms with van der Waals surface area (Å²) >= 11 is 0. The molecule has 2 heterocycles. The SMILES string of the molecule is O=C(Nc1ccc(S(=O)(=O)Nc2cccnc2)cc1)c1ccco1. The van der Waals surface area contributed by atoms with E-state index in [-0.39, 0.29) is 10.7 Å². The molecule has 0 saturated heterocycles. The largest absolute Gasteiger partial charge is 0.459 e. The number of anilines is 2. The van der Waals surface area contributed by atoms with E-state index in [4.69, 9.17) is 4.42 Å². The van der Waals surface area contributed by atoms with Crippen LogP contribution in [0.25, 0.3) is 0 Å². The quantitative estimate of drug-likeness (QED) is 0.742. The topological polar surface area (TPSA) is 101 Å². The highest BCUT2D eigenvalue weighted by Crippen LogP contribution is 2.18. The van der Waals surface area contributed by atoms with Gasteiger partial charge >= 0.3 is 0 Å². The van der Waals surface area contributed by atoms with Crippen molar-refractivity contribution in [2.24, 2.45) is 0 Å². The van der Waals surface area contributed by atoms with Gasteiger partial charge in [0.25, 0.3) is 15.9 Å². The number of rotatable bonds is 5. The maximum absolute atomic E-state index is 12.3. The van der Waals surface area contributed by atoms with E-state index in [0.29, 0.717) is 11.4 Å². The highest BCUT2D eigenvalue weighted by Gasteiger charge is 2.15. The van der Waals surface area contributed by atoms with Crippen molar-refractivity contribution in [3.63, 3.8) is 0 Å². The molecule has 122 valence electrons. The molecule has 0 fully saturated rings. The van der Waals surface area contributed by atoms with E-state index in [1.165, 1.54) is 42.8 Å². The molecule has 0 unspecified atom stereocenters. The number of nitrogens with one attached hydrogen (secondary N) is 2. The summed E-state index contributed by atoms with van der Waals surface area (Å²) in [5.74, 6) is -0.242. The van der Waals surface area contributed by atoms with Gasteiger partial charge in [0.2, 0.25) is 0 Å². The number of furan rings is 1. The van der Waals surface area contributed by atoms with Crippen LogP contribution in [0.4, 0.5) is 11.4 Å². The van der Waals surface area contributed by atoms with Crippen molar-refractivity contribution >= 4 is 27.3 Å². The van der Waals surface area contributed by atoms with E-state index in [9.17, 15) is 13.2 Å². The molecule has 2 aromatic heterocycles. The van der Waals surface area contributed by atoms with Gasteiger partial charge in [0.1, 0.15) is 0 Å². The van der Waals surface area contributed by atoms with Gasteiger partial charge in [-0.3, -0.25) is 14.5 Å². The minimum atomic E-state index is -3.72. The van der Waals surface area contributed by atoms with Crippen LogP contribution >= 0.6 is 0 Å². The maximum Gasteiger partial charge on any atom is 0.291 e. The summed E-state index contributed by atoms with van der Waals surface area (Å²) in [5, 5.41) is 2.61. The van der Waals surface area contributed by atoms with Gasteiger partial charge in [-0.25, -0.2) is 8.42 Å². The van der Waals surface area contributed by atoms with Crippen molar-refractivity contribution in [2.75, 3.05) is 10.0 Å². The number of sulfonamides is 1. The number of nitrogens with zero attached hydrogens (tertiary/aromatic N) is 1. The molecular formula is C16H13N3O4S. The van der Waals surface area contributed by atoms with E-state index in [1.54, 1.807) is 24.4 Å². The van der Waals surface area contributed by atoms with Crippen molar-refractivity contribution in [1.29, 1.82) is 0 Å². The van der Waals surface area contributed by atoms with Crippen LogP contribution < -0.4 is 10.0 Å². The molecule has 0 aliphatic rings. The van der Waals surface area contributed by atoms with Crippen LogP contribution in [0.3, 0.4) is 0 Å². The number of carbonyl (C=O) groups excluding carboxylic acids is 1. The molecular weight excluding hydrogens is 330 g/mol. The molecule has 7 nitrogen and oxygen atoms in total. The summed E-state index contributed by atoms with van der Waals surface area (Å²) in [5.41, 5.74) is 0.824. The third-order valence-corrected chi connectivity index (χ3v) is 4.48. The van der Waals surface area contributed by atoms with Gasteiger partial charge in [0.05, 0.1) is 23.0 Å². The first-order chi connectivity index (χ1) is 11.5. The van der Waals surface area contributed by atoms with E-state index in [0.717, 1.165) is 0 Å². The summed E-state index contributed by atoms with van der Waals surface area (Å²) < 4.78 is 32.0. The number of carbonyl (C=O) groups is 1. The maximum atomic E-state index is 12.3. The highest BCUT2D eigenvalue weighted by molar-refractivity contribution is 7.92. The standard InChI is InChI=1S/C16H13N3O4S/c20-16(15-4-2-10-23-15)18-12-5-7-14(8-6-12)24(21,22)19-13-3-1-9-17-11-13/h1-11,19H,(H,18,20). The predicted molar refractivity (Wildman–Crippen MR) is 88.1 cm³/mol. The average Bonchev–Trinajstić information content (AvgIpc) is 3.10. The van der Waals surface area contributed by atoms with E-state index in [2.05, 4.69) is 15.0 Å². The van der Waals surface area contributed by atoms with Crippen molar-refractivity contribution in [1.82, 2.24) is 4.98 Å². The second-order valence-electron chi connectivity index (χ2n) is 4.80. The molecule has 24 heavy (non-hydrogen) atoms. The summed E-state index contributed by atoms with van der Waals surface area (Å²) in [6, 6.07) is 12.2. The van der Waals surface area contributed by atoms with Crippen LogP contribution in [0.15, 0.2) is 76.5 Å². The number of hydrogen-bond donors (Lipinski definition) is 2. The Bertz CT molecular complexity index is 921. The number of benzene rings is 1. The molecule has 3 aromatic rings. The normalized spacial score (nSPS) is 11.0. The molecule has 0 bridgehead atoms. The lowest BCUT2D eigenvalue weighted by Gasteiger charge is -2.08. The van der Waals surface area contributed by atoms with Crippen molar-refractivity contribution in [2.45, 2.75) is 4.90 Å². The van der Waals surface area contributed by atoms with E-state index in [1.807, 2.05) is 0 Å². The molecule has 0 spiro atoms. The Hall–Kier alpha value is -3.13. The van der Waals surface area contributed by atoms with E-state index < -0.39 is 15.9 Å². The molecule has 0 radical (unpaired) electrons. The van der Waals surface area contributed by atoms with Crippen molar-refractivity contribution < 1.29 is 17.6 Å². The number of hydrogen-bond acceptors (Lipinski definition) is 5. The Balaban J connectivity index is 1.73. The first-order valence-electron chi connectivity index (χ1n) is 6.92. The van der Waals surface area contributed by atoms with Crippen LogP contribution in [0.1, 0.15) is 10.6 Å². The van der Waals surface area contributed by atoms with Gasteiger partial charge in [0.15, 0.2) is 5.76 Å². The molecule has 2 N–H and O–H groups in total. The van der Waals surface area contributed by atoms with Gasteiger partial charge in [-0.1, -0.05) is 0 Å². The number of amides is 1. The molecule has 0 aliphatic heterocycles. The zero-order valence-electron chi connectivity index (χ0n) is 12.3. The first-order valence-corrected chi connectivity index (χ1v) is 8.41. The summed E-state index contributed by atoms with van der Waals surface area (Å²) in [6.07, 6.45) is 4.36. The Morgan fingerprint density at radius 3 is 2.42 bits per heavy atom. The molecule has 1 aromatic carbocycles. The molecule has 3 rings (SSSR count). The fourth-order valence-corrected chi connectivity index (χ4v) is 3.00. The predicted octanol–water partition coefficient (Wildman–Crippen LogP) is 2.73. The van der Waals surface area contributed by atoms with Gasteiger partial charge in [-0.2, -0.15) is 0 Å². The van der Waals surface area contributed by atoms with Crippen LogP contribution in [0, 0.1) is 0 Å². The van der Waals surface area contributed by atoms with Crippen LogP contribution in [0.5, 0.6) is 0 Å². The Morgan fingerprint density at radius 1 is 1.00 bits per heavy atom. The van der Waals surface area contributed by atoms with Crippen molar-refractivity contribution in [3.05, 3.63) is 72.9 Å². The lowest BCUT2D eigenvalue weighted by atomic mass is 10.3. The average molecular weight is 343 g/mol. The lowest BCUT2D eigenvalue weighted by molar-refractivity contribution is 0.0996. The molecule has 0 atom stereocenters. The first kappa shape index (κ1) is 15.8. The molecule has 0 aliphatic carbocycles. The Labute approximate surface area is 138 Å². The van der Waals surface area contributed by atoms with Crippen LogP contribution in [0.2, 0.25) is 0 Å². The fraction of sp³-hybridized carbons (Fsp3) is 0. The smallest absolute Gasteiger partial charge is 0.291 e. The third kappa shape index (κ3) is 3.61. The lowest BCUT2D eigenvalue weighted by Crippen LogP contribution is -2.14. The molecule has 1 amide bonds. The summed E-state index contributed by atoms with van der Waals surface area (Å²) in [4.78, 5) is 15.8. The second-order valence-corrected chi connectivity index (χ2v) is 6.49. The Kier molecular flexibility index (Phi) is 4.30. The third-order valence-electron chi connectivity index (χ3n) is 3.08. The Morgan fingerprint density at radius 2 is 1.79 bits per heavy atom. The summed E-state index contributed by atoms with van der Waals surface area (Å²) in [6.45, 7) is 0. The van der Waals surface area contributed by atoms with Crippen molar-refractivity contribution in [3.8, 4) is 0 Å². The van der Waals surface area contributed by atoms with Gasteiger partial charge in [-0.15, -0.1) is 0 Å². The molecule has 8 heteroatoms. The number of aromatic nitrogens is 1. The van der Waals surface area contributed by atoms with E-state index >= 15 is 0 Å². The van der Waals surface area contributed by atoms with Gasteiger partial charge in [0, 0.05) is 11.9 Å². The zero-order chi connectivity index (χ0) is 17.0. The second kappa shape index (κ2) is 6.55. The monoisotopic (exact) mass is 343 g/mol. The zero-order valence-corrected chi connectivity index (χ0v) is 13.2. The van der Waals surface area contributed by atoms with Gasteiger partial charge in [-0.05, 0) is 48.5 Å². The number of pyridine rings is 1. The highest BCUT2D eigenvalue weighted by atomic mass is 32.2. The molecule has 0 saturated carbocycles. The van der Waals surface area contributed by atoms with Gasteiger partial charge < -0.3 is 9.73 Å².